The van der Waals surface area contributed by atoms with Crippen LogP contribution in [-0.2, 0) is 14.8 Å². The van der Waals surface area contributed by atoms with Crippen LogP contribution in [0.3, 0.4) is 0 Å². The first kappa shape index (κ1) is 24.0. The van der Waals surface area contributed by atoms with E-state index in [9.17, 15) is 13.2 Å². The number of nitrogens with zero attached hydrogens (tertiary/aromatic N) is 4. The van der Waals surface area contributed by atoms with Gasteiger partial charge in [0.25, 0.3) is 0 Å². The van der Waals surface area contributed by atoms with Crippen LogP contribution < -0.4 is 0 Å². The summed E-state index contributed by atoms with van der Waals surface area (Å²) in [6.07, 6.45) is 3.95. The zero-order valence-electron chi connectivity index (χ0n) is 20.0. The SMILES string of the molecule is Cc1ccc(S(=O)(=O)N2CCCN(C(=O)/C=C/c3cc(C)n(-c4cc(C)on4)c3C)CC2)cc1. The van der Waals surface area contributed by atoms with E-state index < -0.39 is 10.0 Å². The monoisotopic (exact) mass is 482 g/mol. The lowest BCUT2D eigenvalue weighted by atomic mass is 10.2. The van der Waals surface area contributed by atoms with Crippen LogP contribution in [0, 0.1) is 27.7 Å². The Morgan fingerprint density at radius 2 is 1.74 bits per heavy atom. The summed E-state index contributed by atoms with van der Waals surface area (Å²) < 4.78 is 34.7. The first-order valence-electron chi connectivity index (χ1n) is 11.3. The summed E-state index contributed by atoms with van der Waals surface area (Å²) in [6.45, 7) is 9.25. The molecule has 0 N–H and O–H groups in total. The maximum absolute atomic E-state index is 13.0. The Hall–Kier alpha value is -3.17. The van der Waals surface area contributed by atoms with E-state index in [-0.39, 0.29) is 17.3 Å². The lowest BCUT2D eigenvalue weighted by Crippen LogP contribution is -2.36. The van der Waals surface area contributed by atoms with Crippen LogP contribution in [0.1, 0.15) is 34.7 Å². The van der Waals surface area contributed by atoms with Gasteiger partial charge in [0.05, 0.1) is 4.90 Å². The van der Waals surface area contributed by atoms with Gasteiger partial charge < -0.3 is 9.42 Å². The molecule has 0 aliphatic carbocycles. The number of hydrogen-bond donors (Lipinski definition) is 0. The van der Waals surface area contributed by atoms with Crippen LogP contribution in [0.25, 0.3) is 11.9 Å². The molecule has 1 fully saturated rings. The van der Waals surface area contributed by atoms with Gasteiger partial charge in [-0.1, -0.05) is 22.9 Å². The highest BCUT2D eigenvalue weighted by atomic mass is 32.2. The Bertz CT molecular complexity index is 1320. The molecule has 0 atom stereocenters. The van der Waals surface area contributed by atoms with E-state index in [0.29, 0.717) is 31.9 Å². The number of sulfonamides is 1. The third kappa shape index (κ3) is 4.85. The van der Waals surface area contributed by atoms with E-state index in [1.807, 2.05) is 44.4 Å². The molecule has 0 radical (unpaired) electrons. The number of aryl methyl sites for hydroxylation is 3. The largest absolute Gasteiger partial charge is 0.360 e. The molecule has 1 amide bonds. The van der Waals surface area contributed by atoms with Crippen molar-refractivity contribution < 1.29 is 17.7 Å². The zero-order chi connectivity index (χ0) is 24.5. The highest BCUT2D eigenvalue weighted by molar-refractivity contribution is 7.89. The Morgan fingerprint density at radius 3 is 2.41 bits per heavy atom. The fourth-order valence-electron chi connectivity index (χ4n) is 4.25. The van der Waals surface area contributed by atoms with Crippen LogP contribution in [0.4, 0.5) is 0 Å². The van der Waals surface area contributed by atoms with E-state index in [1.165, 1.54) is 4.31 Å². The van der Waals surface area contributed by atoms with Crippen LogP contribution in [0.2, 0.25) is 0 Å². The van der Waals surface area contributed by atoms with E-state index in [0.717, 1.165) is 28.3 Å². The highest BCUT2D eigenvalue weighted by Crippen LogP contribution is 2.22. The highest BCUT2D eigenvalue weighted by Gasteiger charge is 2.27. The average Bonchev–Trinajstić information content (AvgIpc) is 3.22. The molecule has 1 aliphatic rings. The average molecular weight is 483 g/mol. The number of aromatic nitrogens is 2. The summed E-state index contributed by atoms with van der Waals surface area (Å²) in [5, 5.41) is 4.09. The summed E-state index contributed by atoms with van der Waals surface area (Å²) in [4.78, 5) is 14.9. The van der Waals surface area contributed by atoms with Gasteiger partial charge >= 0.3 is 0 Å². The van der Waals surface area contributed by atoms with E-state index in [4.69, 9.17) is 4.52 Å². The van der Waals surface area contributed by atoms with Gasteiger partial charge in [-0.05, 0) is 64.0 Å². The van der Waals surface area contributed by atoms with Gasteiger partial charge in [-0.25, -0.2) is 8.42 Å². The molecule has 2 aromatic heterocycles. The number of rotatable bonds is 5. The molecule has 3 heterocycles. The van der Waals surface area contributed by atoms with Gasteiger partial charge in [-0.15, -0.1) is 0 Å². The van der Waals surface area contributed by atoms with Gasteiger partial charge in [0.1, 0.15) is 5.76 Å². The fraction of sp³-hybridized carbons (Fsp3) is 0.360. The molecule has 0 unspecified atom stereocenters. The predicted molar refractivity (Wildman–Crippen MR) is 130 cm³/mol. The van der Waals surface area contributed by atoms with Gasteiger partial charge in [0.15, 0.2) is 5.82 Å². The second kappa shape index (κ2) is 9.60. The first-order valence-corrected chi connectivity index (χ1v) is 12.8. The summed E-state index contributed by atoms with van der Waals surface area (Å²) in [6, 6.07) is 10.7. The Labute approximate surface area is 200 Å². The van der Waals surface area contributed by atoms with Gasteiger partial charge in [0, 0.05) is 49.7 Å². The van der Waals surface area contributed by atoms with Crippen molar-refractivity contribution in [1.29, 1.82) is 0 Å². The summed E-state index contributed by atoms with van der Waals surface area (Å²) >= 11 is 0. The molecule has 3 aromatic rings. The normalized spacial score (nSPS) is 15.7. The van der Waals surface area contributed by atoms with E-state index in [1.54, 1.807) is 41.3 Å². The minimum Gasteiger partial charge on any atom is -0.360 e. The molecule has 8 nitrogen and oxygen atoms in total. The second-order valence-corrected chi connectivity index (χ2v) is 10.6. The van der Waals surface area contributed by atoms with Crippen LogP contribution in [0.5, 0.6) is 0 Å². The molecular weight excluding hydrogens is 452 g/mol. The van der Waals surface area contributed by atoms with Crippen molar-refractivity contribution in [3.8, 4) is 5.82 Å². The third-order valence-corrected chi connectivity index (χ3v) is 8.06. The number of carbonyl (C=O) groups excluding carboxylic acids is 1. The van der Waals surface area contributed by atoms with Crippen molar-refractivity contribution in [1.82, 2.24) is 18.9 Å². The number of amides is 1. The molecule has 0 spiro atoms. The quantitative estimate of drug-likeness (QED) is 0.518. The first-order chi connectivity index (χ1) is 16.2. The van der Waals surface area contributed by atoms with E-state index >= 15 is 0 Å². The van der Waals surface area contributed by atoms with E-state index in [2.05, 4.69) is 5.16 Å². The topological polar surface area (TPSA) is 88.7 Å². The molecule has 0 bridgehead atoms. The summed E-state index contributed by atoms with van der Waals surface area (Å²) in [5.41, 5.74) is 3.88. The number of benzene rings is 1. The fourth-order valence-corrected chi connectivity index (χ4v) is 5.72. The molecule has 1 aromatic carbocycles. The van der Waals surface area contributed by atoms with Crippen molar-refractivity contribution in [2.24, 2.45) is 0 Å². The Kier molecular flexibility index (Phi) is 6.77. The standard InChI is InChI=1S/C25H30N4O4S/c1-18-6-9-23(10-7-18)34(31,32)28-13-5-12-27(14-15-28)25(30)11-8-22-16-19(2)29(21(22)4)24-17-20(3)33-26-24/h6-11,16-17H,5,12-15H2,1-4H3/b11-8+. The molecule has 9 heteroatoms. The lowest BCUT2D eigenvalue weighted by molar-refractivity contribution is -0.125. The lowest BCUT2D eigenvalue weighted by Gasteiger charge is -2.21. The van der Waals surface area contributed by atoms with Gasteiger partial charge in [0.2, 0.25) is 15.9 Å². The van der Waals surface area contributed by atoms with Crippen LogP contribution in [0.15, 0.2) is 51.9 Å². The minimum atomic E-state index is -3.58. The third-order valence-electron chi connectivity index (χ3n) is 6.15. The van der Waals surface area contributed by atoms with Gasteiger partial charge in [-0.3, -0.25) is 9.36 Å². The molecule has 180 valence electrons. The molecule has 34 heavy (non-hydrogen) atoms. The van der Waals surface area contributed by atoms with Crippen molar-refractivity contribution in [2.75, 3.05) is 26.2 Å². The molecular formula is C25H30N4O4S. The van der Waals surface area contributed by atoms with Crippen LogP contribution in [-0.4, -0.2) is 59.4 Å². The molecule has 1 saturated heterocycles. The maximum atomic E-state index is 13.0. The summed E-state index contributed by atoms with van der Waals surface area (Å²) in [7, 11) is -3.58. The molecule has 4 rings (SSSR count). The Morgan fingerprint density at radius 1 is 1.00 bits per heavy atom. The zero-order valence-corrected chi connectivity index (χ0v) is 20.8. The molecule has 0 saturated carbocycles. The predicted octanol–water partition coefficient (Wildman–Crippen LogP) is 3.64. The molecule has 1 aliphatic heterocycles. The second-order valence-electron chi connectivity index (χ2n) is 8.69. The summed E-state index contributed by atoms with van der Waals surface area (Å²) in [5.74, 6) is 1.31. The smallest absolute Gasteiger partial charge is 0.246 e. The van der Waals surface area contributed by atoms with Crippen molar-refractivity contribution in [3.05, 3.63) is 70.7 Å². The number of carbonyl (C=O) groups is 1. The van der Waals surface area contributed by atoms with Crippen molar-refractivity contribution >= 4 is 22.0 Å². The van der Waals surface area contributed by atoms with Crippen molar-refractivity contribution in [3.63, 3.8) is 0 Å². The van der Waals surface area contributed by atoms with Crippen LogP contribution >= 0.6 is 0 Å². The maximum Gasteiger partial charge on any atom is 0.246 e. The Balaban J connectivity index is 1.44. The van der Waals surface area contributed by atoms with Crippen molar-refractivity contribution in [2.45, 2.75) is 39.0 Å². The number of hydrogen-bond acceptors (Lipinski definition) is 5. The minimum absolute atomic E-state index is 0.128. The van der Waals surface area contributed by atoms with Gasteiger partial charge in [-0.2, -0.15) is 4.31 Å².